The topological polar surface area (TPSA) is 21.3 Å². The Hall–Kier alpha value is -0.730. The maximum absolute atomic E-state index is 6.12. The maximum Gasteiger partial charge on any atom is 0.0741 e. The van der Waals surface area contributed by atoms with Crippen molar-refractivity contribution >= 4 is 17.3 Å². The first-order chi connectivity index (χ1) is 7.04. The van der Waals surface area contributed by atoms with Crippen molar-refractivity contribution in [2.45, 2.75) is 32.9 Å². The zero-order valence-electron chi connectivity index (χ0n) is 9.67. The molecule has 1 N–H and O–H groups in total. The number of nitrogens with one attached hydrogen (secondary N) is 1. The van der Waals surface area contributed by atoms with Crippen LogP contribution in [0.3, 0.4) is 0 Å². The molecule has 2 unspecified atom stereocenters. The summed E-state index contributed by atoms with van der Waals surface area (Å²) in [6.45, 7) is 6.13. The third-order valence-electron chi connectivity index (χ3n) is 2.58. The Kier molecular flexibility index (Phi) is 4.43. The number of ether oxygens (including phenoxy) is 1. The van der Waals surface area contributed by atoms with Crippen molar-refractivity contribution in [1.29, 1.82) is 0 Å². The summed E-state index contributed by atoms with van der Waals surface area (Å²) in [5, 5.41) is 4.09. The van der Waals surface area contributed by atoms with Gasteiger partial charge >= 0.3 is 0 Å². The highest BCUT2D eigenvalue weighted by atomic mass is 35.5. The van der Waals surface area contributed by atoms with E-state index in [9.17, 15) is 0 Å². The van der Waals surface area contributed by atoms with Crippen LogP contribution in [0.5, 0.6) is 0 Å². The van der Waals surface area contributed by atoms with Crippen molar-refractivity contribution in [3.63, 3.8) is 0 Å². The van der Waals surface area contributed by atoms with Gasteiger partial charge in [-0.2, -0.15) is 0 Å². The van der Waals surface area contributed by atoms with Gasteiger partial charge in [0.15, 0.2) is 0 Å². The lowest BCUT2D eigenvalue weighted by Gasteiger charge is -2.21. The summed E-state index contributed by atoms with van der Waals surface area (Å²) in [5.41, 5.74) is 2.12. The van der Waals surface area contributed by atoms with E-state index in [1.807, 2.05) is 32.0 Å². The Labute approximate surface area is 96.6 Å². The van der Waals surface area contributed by atoms with Crippen LogP contribution in [0.15, 0.2) is 18.2 Å². The lowest BCUT2D eigenvalue weighted by Crippen LogP contribution is -2.29. The summed E-state index contributed by atoms with van der Waals surface area (Å²) in [6, 6.07) is 6.22. The monoisotopic (exact) mass is 227 g/mol. The number of hydrogen-bond donors (Lipinski definition) is 1. The second-order valence-electron chi connectivity index (χ2n) is 3.86. The number of halogens is 1. The van der Waals surface area contributed by atoms with Gasteiger partial charge in [-0.15, -0.1) is 0 Å². The van der Waals surface area contributed by atoms with Crippen molar-refractivity contribution in [2.24, 2.45) is 0 Å². The minimum Gasteiger partial charge on any atom is -0.380 e. The Balaban J connectivity index is 2.72. The standard InChI is InChI=1S/C12H18ClNO/c1-8-5-6-12(11(13)7-8)14-9(2)10(3)15-4/h5-7,9-10,14H,1-4H3. The minimum atomic E-state index is 0.155. The lowest BCUT2D eigenvalue weighted by atomic mass is 10.1. The smallest absolute Gasteiger partial charge is 0.0741 e. The first kappa shape index (κ1) is 12.3. The molecule has 0 aromatic heterocycles. The van der Waals surface area contributed by atoms with Crippen LogP contribution in [0, 0.1) is 6.92 Å². The van der Waals surface area contributed by atoms with Crippen molar-refractivity contribution in [1.82, 2.24) is 0 Å². The molecule has 0 heterocycles. The number of anilines is 1. The average molecular weight is 228 g/mol. The van der Waals surface area contributed by atoms with Crippen molar-refractivity contribution in [3.8, 4) is 0 Å². The van der Waals surface area contributed by atoms with E-state index in [0.717, 1.165) is 16.3 Å². The van der Waals surface area contributed by atoms with Crippen molar-refractivity contribution < 1.29 is 4.74 Å². The zero-order chi connectivity index (χ0) is 11.4. The number of rotatable bonds is 4. The molecule has 0 bridgehead atoms. The summed E-state index contributed by atoms with van der Waals surface area (Å²) in [5.74, 6) is 0. The van der Waals surface area contributed by atoms with E-state index in [2.05, 4.69) is 12.2 Å². The van der Waals surface area contributed by atoms with E-state index in [-0.39, 0.29) is 12.1 Å². The maximum atomic E-state index is 6.12. The fraction of sp³-hybridized carbons (Fsp3) is 0.500. The van der Waals surface area contributed by atoms with Gasteiger partial charge in [-0.1, -0.05) is 17.7 Å². The van der Waals surface area contributed by atoms with Crippen LogP contribution >= 0.6 is 11.6 Å². The van der Waals surface area contributed by atoms with Crippen LogP contribution < -0.4 is 5.32 Å². The summed E-state index contributed by atoms with van der Waals surface area (Å²) in [4.78, 5) is 0. The Morgan fingerprint density at radius 3 is 2.53 bits per heavy atom. The van der Waals surface area contributed by atoms with Gasteiger partial charge in [0.25, 0.3) is 0 Å². The second-order valence-corrected chi connectivity index (χ2v) is 4.26. The SMILES string of the molecule is COC(C)C(C)Nc1ccc(C)cc1Cl. The van der Waals surface area contributed by atoms with Gasteiger partial charge in [0.2, 0.25) is 0 Å². The summed E-state index contributed by atoms with van der Waals surface area (Å²) >= 11 is 6.12. The van der Waals surface area contributed by atoms with Crippen LogP contribution in [-0.4, -0.2) is 19.3 Å². The van der Waals surface area contributed by atoms with Gasteiger partial charge < -0.3 is 10.1 Å². The van der Waals surface area contributed by atoms with Gasteiger partial charge in [-0.3, -0.25) is 0 Å². The fourth-order valence-electron chi connectivity index (χ4n) is 1.30. The highest BCUT2D eigenvalue weighted by molar-refractivity contribution is 6.33. The van der Waals surface area contributed by atoms with Crippen LogP contribution in [-0.2, 0) is 4.74 Å². The van der Waals surface area contributed by atoms with Gasteiger partial charge in [-0.25, -0.2) is 0 Å². The number of methoxy groups -OCH3 is 1. The van der Waals surface area contributed by atoms with Gasteiger partial charge in [0, 0.05) is 13.2 Å². The molecule has 0 spiro atoms. The highest BCUT2D eigenvalue weighted by Gasteiger charge is 2.11. The van der Waals surface area contributed by atoms with E-state index < -0.39 is 0 Å². The third-order valence-corrected chi connectivity index (χ3v) is 2.90. The normalized spacial score (nSPS) is 14.7. The number of benzene rings is 1. The Morgan fingerprint density at radius 1 is 1.33 bits per heavy atom. The lowest BCUT2D eigenvalue weighted by molar-refractivity contribution is 0.106. The third kappa shape index (κ3) is 3.40. The zero-order valence-corrected chi connectivity index (χ0v) is 10.4. The van der Waals surface area contributed by atoms with E-state index >= 15 is 0 Å². The van der Waals surface area contributed by atoms with E-state index in [1.54, 1.807) is 7.11 Å². The molecular weight excluding hydrogens is 210 g/mol. The second kappa shape index (κ2) is 5.38. The summed E-state index contributed by atoms with van der Waals surface area (Å²) in [6.07, 6.45) is 0.155. The quantitative estimate of drug-likeness (QED) is 0.851. The molecule has 0 aliphatic rings. The molecule has 84 valence electrons. The van der Waals surface area contributed by atoms with Gasteiger partial charge in [0.05, 0.1) is 16.8 Å². The first-order valence-corrected chi connectivity index (χ1v) is 5.48. The molecular formula is C12H18ClNO. The highest BCUT2D eigenvalue weighted by Crippen LogP contribution is 2.23. The van der Waals surface area contributed by atoms with E-state index in [4.69, 9.17) is 16.3 Å². The summed E-state index contributed by atoms with van der Waals surface area (Å²) < 4.78 is 5.24. The predicted molar refractivity (Wildman–Crippen MR) is 65.7 cm³/mol. The molecule has 0 fully saturated rings. The molecule has 1 aromatic carbocycles. The molecule has 0 aliphatic heterocycles. The molecule has 1 aromatic rings. The Morgan fingerprint density at radius 2 is 2.00 bits per heavy atom. The first-order valence-electron chi connectivity index (χ1n) is 5.10. The average Bonchev–Trinajstić information content (AvgIpc) is 2.20. The van der Waals surface area contributed by atoms with Crippen LogP contribution in [0.4, 0.5) is 5.69 Å². The van der Waals surface area contributed by atoms with Crippen LogP contribution in [0.2, 0.25) is 5.02 Å². The molecule has 2 atom stereocenters. The molecule has 0 saturated heterocycles. The molecule has 3 heteroatoms. The fourth-order valence-corrected chi connectivity index (χ4v) is 1.59. The molecule has 0 aliphatic carbocycles. The molecule has 1 rings (SSSR count). The number of aryl methyl sites for hydroxylation is 1. The predicted octanol–water partition coefficient (Wildman–Crippen LogP) is 3.48. The van der Waals surface area contributed by atoms with E-state index in [1.165, 1.54) is 0 Å². The molecule has 0 amide bonds. The minimum absolute atomic E-state index is 0.155. The van der Waals surface area contributed by atoms with E-state index in [0.29, 0.717) is 0 Å². The van der Waals surface area contributed by atoms with Gasteiger partial charge in [0.1, 0.15) is 0 Å². The number of hydrogen-bond acceptors (Lipinski definition) is 2. The largest absolute Gasteiger partial charge is 0.380 e. The molecule has 2 nitrogen and oxygen atoms in total. The van der Waals surface area contributed by atoms with Crippen LogP contribution in [0.25, 0.3) is 0 Å². The van der Waals surface area contributed by atoms with Gasteiger partial charge in [-0.05, 0) is 38.5 Å². The molecule has 0 radical (unpaired) electrons. The molecule has 15 heavy (non-hydrogen) atoms. The molecule has 0 saturated carbocycles. The van der Waals surface area contributed by atoms with Crippen molar-refractivity contribution in [2.75, 3.05) is 12.4 Å². The van der Waals surface area contributed by atoms with Crippen LogP contribution in [0.1, 0.15) is 19.4 Å². The Bertz CT molecular complexity index is 327. The summed E-state index contributed by atoms with van der Waals surface area (Å²) in [7, 11) is 1.71. The van der Waals surface area contributed by atoms with Crippen molar-refractivity contribution in [3.05, 3.63) is 28.8 Å².